The van der Waals surface area contributed by atoms with Crippen molar-refractivity contribution >= 4 is 24.2 Å². The molecule has 0 aromatic heterocycles. The highest BCUT2D eigenvalue weighted by molar-refractivity contribution is 7.80. The van der Waals surface area contributed by atoms with Gasteiger partial charge in [0.15, 0.2) is 0 Å². The van der Waals surface area contributed by atoms with E-state index in [4.69, 9.17) is 16.3 Å². The maximum Gasteiger partial charge on any atom is 0.126 e. The number of ether oxygens (including phenoxy) is 1. The SMILES string of the molecule is CCOc1c(CCCS)cc(Cl)cc1C(C)C. The number of halogens is 1. The minimum atomic E-state index is 0.421. The Balaban J connectivity index is 3.14. The fourth-order valence-corrected chi connectivity index (χ4v) is 2.28. The van der Waals surface area contributed by atoms with E-state index in [9.17, 15) is 0 Å². The number of hydrogen-bond donors (Lipinski definition) is 1. The van der Waals surface area contributed by atoms with E-state index in [0.29, 0.717) is 12.5 Å². The van der Waals surface area contributed by atoms with Gasteiger partial charge in [0.2, 0.25) is 0 Å². The van der Waals surface area contributed by atoms with E-state index in [1.807, 2.05) is 19.1 Å². The van der Waals surface area contributed by atoms with Crippen molar-refractivity contribution < 1.29 is 4.74 Å². The van der Waals surface area contributed by atoms with Gasteiger partial charge in [-0.3, -0.25) is 0 Å². The van der Waals surface area contributed by atoms with Crippen molar-refractivity contribution in [2.24, 2.45) is 0 Å². The van der Waals surface area contributed by atoms with Gasteiger partial charge in [-0.1, -0.05) is 25.4 Å². The Kier molecular flexibility index (Phi) is 6.21. The molecule has 0 aliphatic heterocycles. The Labute approximate surface area is 115 Å². The predicted molar refractivity (Wildman–Crippen MR) is 78.9 cm³/mol. The third-order valence-electron chi connectivity index (χ3n) is 2.67. The van der Waals surface area contributed by atoms with Crippen LogP contribution in [0.25, 0.3) is 0 Å². The molecule has 0 amide bonds. The highest BCUT2D eigenvalue weighted by Gasteiger charge is 2.14. The molecule has 0 bridgehead atoms. The van der Waals surface area contributed by atoms with Crippen LogP contribution in [-0.2, 0) is 6.42 Å². The van der Waals surface area contributed by atoms with Crippen LogP contribution >= 0.6 is 24.2 Å². The smallest absolute Gasteiger partial charge is 0.126 e. The predicted octanol–water partition coefficient (Wildman–Crippen LogP) is 4.72. The maximum atomic E-state index is 6.17. The maximum absolute atomic E-state index is 6.17. The Morgan fingerprint density at radius 2 is 2.06 bits per heavy atom. The van der Waals surface area contributed by atoms with Crippen molar-refractivity contribution in [1.82, 2.24) is 0 Å². The van der Waals surface area contributed by atoms with Crippen LogP contribution in [0.3, 0.4) is 0 Å². The van der Waals surface area contributed by atoms with Gasteiger partial charge in [-0.05, 0) is 54.7 Å². The molecule has 0 atom stereocenters. The van der Waals surface area contributed by atoms with Crippen LogP contribution in [0.1, 0.15) is 44.2 Å². The summed E-state index contributed by atoms with van der Waals surface area (Å²) in [6.45, 7) is 7.03. The molecule has 1 aromatic carbocycles. The average Bonchev–Trinajstić information content (AvgIpc) is 2.28. The Hall–Kier alpha value is -0.340. The summed E-state index contributed by atoms with van der Waals surface area (Å²) in [6, 6.07) is 4.03. The fourth-order valence-electron chi connectivity index (χ4n) is 1.88. The molecule has 0 saturated heterocycles. The molecule has 96 valence electrons. The summed E-state index contributed by atoms with van der Waals surface area (Å²) in [6.07, 6.45) is 2.01. The van der Waals surface area contributed by atoms with Gasteiger partial charge in [0, 0.05) is 5.02 Å². The van der Waals surface area contributed by atoms with Crippen LogP contribution in [0, 0.1) is 0 Å². The normalized spacial score (nSPS) is 10.9. The molecule has 0 fully saturated rings. The van der Waals surface area contributed by atoms with E-state index in [-0.39, 0.29) is 0 Å². The van der Waals surface area contributed by atoms with Gasteiger partial charge in [-0.2, -0.15) is 12.6 Å². The molecule has 0 heterocycles. The standard InChI is InChI=1S/C14H21ClOS/c1-4-16-14-11(6-5-7-17)8-12(15)9-13(14)10(2)3/h8-10,17H,4-7H2,1-3H3. The van der Waals surface area contributed by atoms with E-state index in [1.165, 1.54) is 11.1 Å². The summed E-state index contributed by atoms with van der Waals surface area (Å²) in [5.74, 6) is 2.33. The first-order valence-electron chi connectivity index (χ1n) is 6.16. The molecule has 17 heavy (non-hydrogen) atoms. The Morgan fingerprint density at radius 1 is 1.35 bits per heavy atom. The van der Waals surface area contributed by atoms with E-state index >= 15 is 0 Å². The summed E-state index contributed by atoms with van der Waals surface area (Å²) >= 11 is 10.4. The summed E-state index contributed by atoms with van der Waals surface area (Å²) in [5.41, 5.74) is 2.41. The minimum absolute atomic E-state index is 0.421. The van der Waals surface area contributed by atoms with Crippen LogP contribution in [0.4, 0.5) is 0 Å². The first-order chi connectivity index (χ1) is 8.10. The summed E-state index contributed by atoms with van der Waals surface area (Å²) in [4.78, 5) is 0. The van der Waals surface area contributed by atoms with Crippen LogP contribution in [0.5, 0.6) is 5.75 Å². The second-order valence-electron chi connectivity index (χ2n) is 4.40. The lowest BCUT2D eigenvalue weighted by molar-refractivity contribution is 0.331. The molecule has 3 heteroatoms. The van der Waals surface area contributed by atoms with Gasteiger partial charge in [0.1, 0.15) is 5.75 Å². The average molecular weight is 273 g/mol. The lowest BCUT2D eigenvalue weighted by atomic mass is 9.97. The highest BCUT2D eigenvalue weighted by Crippen LogP contribution is 2.34. The second kappa shape index (κ2) is 7.17. The largest absolute Gasteiger partial charge is 0.493 e. The zero-order valence-electron chi connectivity index (χ0n) is 10.8. The molecule has 0 saturated carbocycles. The number of benzene rings is 1. The zero-order chi connectivity index (χ0) is 12.8. The van der Waals surface area contributed by atoms with E-state index in [0.717, 1.165) is 29.4 Å². The lowest BCUT2D eigenvalue weighted by Crippen LogP contribution is -2.03. The van der Waals surface area contributed by atoms with Gasteiger partial charge in [-0.15, -0.1) is 0 Å². The van der Waals surface area contributed by atoms with E-state index < -0.39 is 0 Å². The lowest BCUT2D eigenvalue weighted by Gasteiger charge is -2.18. The van der Waals surface area contributed by atoms with Crippen molar-refractivity contribution in [1.29, 1.82) is 0 Å². The molecule has 0 N–H and O–H groups in total. The molecule has 0 unspecified atom stereocenters. The summed E-state index contributed by atoms with van der Waals surface area (Å²) in [5, 5.41) is 0.798. The number of thiol groups is 1. The van der Waals surface area contributed by atoms with Gasteiger partial charge < -0.3 is 4.74 Å². The van der Waals surface area contributed by atoms with Crippen molar-refractivity contribution in [2.75, 3.05) is 12.4 Å². The Morgan fingerprint density at radius 3 is 2.59 bits per heavy atom. The van der Waals surface area contributed by atoms with Crippen LogP contribution in [-0.4, -0.2) is 12.4 Å². The zero-order valence-corrected chi connectivity index (χ0v) is 12.4. The number of rotatable bonds is 6. The van der Waals surface area contributed by atoms with Crippen molar-refractivity contribution in [3.63, 3.8) is 0 Å². The highest BCUT2D eigenvalue weighted by atomic mass is 35.5. The minimum Gasteiger partial charge on any atom is -0.493 e. The fraction of sp³-hybridized carbons (Fsp3) is 0.571. The van der Waals surface area contributed by atoms with Crippen LogP contribution in [0.2, 0.25) is 5.02 Å². The molecule has 1 nitrogen and oxygen atoms in total. The van der Waals surface area contributed by atoms with Gasteiger partial charge >= 0.3 is 0 Å². The van der Waals surface area contributed by atoms with Gasteiger partial charge in [-0.25, -0.2) is 0 Å². The molecule has 0 aliphatic rings. The van der Waals surface area contributed by atoms with Gasteiger partial charge in [0.25, 0.3) is 0 Å². The quantitative estimate of drug-likeness (QED) is 0.737. The Bertz CT molecular complexity index is 363. The molecule has 0 aliphatic carbocycles. The monoisotopic (exact) mass is 272 g/mol. The molecule has 1 aromatic rings. The summed E-state index contributed by atoms with van der Waals surface area (Å²) < 4.78 is 5.80. The number of aryl methyl sites for hydroxylation is 1. The third kappa shape index (κ3) is 4.11. The topological polar surface area (TPSA) is 9.23 Å². The van der Waals surface area contributed by atoms with Gasteiger partial charge in [0.05, 0.1) is 6.61 Å². The first-order valence-corrected chi connectivity index (χ1v) is 7.17. The molecule has 0 spiro atoms. The van der Waals surface area contributed by atoms with Crippen LogP contribution in [0.15, 0.2) is 12.1 Å². The van der Waals surface area contributed by atoms with Crippen molar-refractivity contribution in [3.8, 4) is 5.75 Å². The second-order valence-corrected chi connectivity index (χ2v) is 5.28. The van der Waals surface area contributed by atoms with Crippen LogP contribution < -0.4 is 4.74 Å². The molecular formula is C14H21ClOS. The van der Waals surface area contributed by atoms with Crippen molar-refractivity contribution in [3.05, 3.63) is 28.3 Å². The van der Waals surface area contributed by atoms with E-state index in [1.54, 1.807) is 0 Å². The number of hydrogen-bond acceptors (Lipinski definition) is 2. The third-order valence-corrected chi connectivity index (χ3v) is 3.21. The first kappa shape index (κ1) is 14.7. The van der Waals surface area contributed by atoms with Crippen molar-refractivity contribution in [2.45, 2.75) is 39.5 Å². The molecule has 0 radical (unpaired) electrons. The van der Waals surface area contributed by atoms with E-state index in [2.05, 4.69) is 26.5 Å². The summed E-state index contributed by atoms with van der Waals surface area (Å²) in [7, 11) is 0. The molecule has 1 rings (SSSR count). The molecular weight excluding hydrogens is 252 g/mol.